The second-order valence-electron chi connectivity index (χ2n) is 7.88. The molecule has 1 amide bonds. The Morgan fingerprint density at radius 1 is 1.03 bits per heavy atom. The molecule has 0 bridgehead atoms. The van der Waals surface area contributed by atoms with Crippen LogP contribution in [0, 0.1) is 0 Å². The van der Waals surface area contributed by atoms with Gasteiger partial charge in [0.05, 0.1) is 13.7 Å². The van der Waals surface area contributed by atoms with Crippen LogP contribution in [0.1, 0.15) is 36.8 Å². The Kier molecular flexibility index (Phi) is 9.19. The van der Waals surface area contributed by atoms with Gasteiger partial charge in [0.25, 0.3) is 0 Å². The molecule has 0 unspecified atom stereocenters. The van der Waals surface area contributed by atoms with Crippen LogP contribution in [0.2, 0.25) is 0 Å². The fourth-order valence-corrected chi connectivity index (χ4v) is 3.88. The highest BCUT2D eigenvalue weighted by Crippen LogP contribution is 2.21. The standard InChI is InChI=1S/C25H34N2O3/c1-29-24-11-6-5-10-22(24)20-27-16-13-23(14-17-27)26-25(28)12-7-18-30-19-15-21-8-3-2-4-9-21/h2-6,8-11,23H,7,12-20H2,1H3,(H,26,28). The van der Waals surface area contributed by atoms with E-state index in [1.54, 1.807) is 7.11 Å². The summed E-state index contributed by atoms with van der Waals surface area (Å²) in [5.41, 5.74) is 2.50. The molecule has 0 atom stereocenters. The molecule has 1 aliphatic rings. The molecule has 0 aromatic heterocycles. The van der Waals surface area contributed by atoms with Gasteiger partial charge in [0.2, 0.25) is 5.91 Å². The first-order chi connectivity index (χ1) is 14.7. The van der Waals surface area contributed by atoms with Crippen LogP contribution in [0.15, 0.2) is 54.6 Å². The van der Waals surface area contributed by atoms with Crippen LogP contribution < -0.4 is 10.1 Å². The van der Waals surface area contributed by atoms with E-state index in [4.69, 9.17) is 9.47 Å². The maximum atomic E-state index is 12.2. The first-order valence-corrected chi connectivity index (χ1v) is 11.0. The molecule has 1 aliphatic heterocycles. The molecule has 1 heterocycles. The van der Waals surface area contributed by atoms with Crippen LogP contribution in [-0.4, -0.2) is 50.3 Å². The van der Waals surface area contributed by atoms with Crippen LogP contribution in [0.25, 0.3) is 0 Å². The minimum absolute atomic E-state index is 0.143. The first kappa shape index (κ1) is 22.3. The molecule has 1 fully saturated rings. The number of carbonyl (C=O) groups excluding carboxylic acids is 1. The summed E-state index contributed by atoms with van der Waals surface area (Å²) < 4.78 is 11.1. The average molecular weight is 411 g/mol. The summed E-state index contributed by atoms with van der Waals surface area (Å²) in [5.74, 6) is 1.09. The molecule has 0 aliphatic carbocycles. The largest absolute Gasteiger partial charge is 0.496 e. The van der Waals surface area contributed by atoms with Crippen molar-refractivity contribution < 1.29 is 14.3 Å². The molecule has 30 heavy (non-hydrogen) atoms. The van der Waals surface area contributed by atoms with Crippen molar-refractivity contribution in [1.29, 1.82) is 0 Å². The molecule has 2 aromatic rings. The van der Waals surface area contributed by atoms with Gasteiger partial charge in [-0.3, -0.25) is 9.69 Å². The predicted octanol–water partition coefficient (Wildman–Crippen LogP) is 3.82. The van der Waals surface area contributed by atoms with Gasteiger partial charge in [-0.25, -0.2) is 0 Å². The first-order valence-electron chi connectivity index (χ1n) is 11.0. The lowest BCUT2D eigenvalue weighted by atomic mass is 10.0. The number of carbonyl (C=O) groups is 1. The molecular weight excluding hydrogens is 376 g/mol. The minimum atomic E-state index is 0.143. The Morgan fingerprint density at radius 2 is 1.77 bits per heavy atom. The maximum absolute atomic E-state index is 12.2. The number of methoxy groups -OCH3 is 1. The van der Waals surface area contributed by atoms with E-state index in [1.165, 1.54) is 11.1 Å². The number of benzene rings is 2. The maximum Gasteiger partial charge on any atom is 0.220 e. The van der Waals surface area contributed by atoms with Crippen molar-refractivity contribution in [3.63, 3.8) is 0 Å². The lowest BCUT2D eigenvalue weighted by Crippen LogP contribution is -2.44. The highest BCUT2D eigenvalue weighted by atomic mass is 16.5. The molecule has 2 aromatic carbocycles. The Labute approximate surface area is 180 Å². The Morgan fingerprint density at radius 3 is 2.53 bits per heavy atom. The zero-order valence-corrected chi connectivity index (χ0v) is 18.0. The summed E-state index contributed by atoms with van der Waals surface area (Å²) in [5, 5.41) is 3.20. The molecule has 1 saturated heterocycles. The molecule has 162 valence electrons. The summed E-state index contributed by atoms with van der Waals surface area (Å²) in [6, 6.07) is 18.8. The Balaban J connectivity index is 1.25. The van der Waals surface area contributed by atoms with E-state index in [1.807, 2.05) is 30.3 Å². The number of hydrogen-bond acceptors (Lipinski definition) is 4. The van der Waals surface area contributed by atoms with Crippen molar-refractivity contribution >= 4 is 5.91 Å². The highest BCUT2D eigenvalue weighted by Gasteiger charge is 2.21. The van der Waals surface area contributed by atoms with Gasteiger partial charge >= 0.3 is 0 Å². The number of piperidine rings is 1. The monoisotopic (exact) mass is 410 g/mol. The lowest BCUT2D eigenvalue weighted by molar-refractivity contribution is -0.122. The van der Waals surface area contributed by atoms with Crippen molar-refractivity contribution in [1.82, 2.24) is 10.2 Å². The second-order valence-corrected chi connectivity index (χ2v) is 7.88. The molecule has 5 nitrogen and oxygen atoms in total. The third kappa shape index (κ3) is 7.47. The molecular formula is C25H34N2O3. The summed E-state index contributed by atoms with van der Waals surface area (Å²) in [6.07, 6.45) is 4.21. The summed E-state index contributed by atoms with van der Waals surface area (Å²) in [4.78, 5) is 14.7. The van der Waals surface area contributed by atoms with Crippen LogP contribution >= 0.6 is 0 Å². The van der Waals surface area contributed by atoms with Gasteiger partial charge < -0.3 is 14.8 Å². The number of likely N-dealkylation sites (tertiary alicyclic amines) is 1. The molecule has 0 saturated carbocycles. The highest BCUT2D eigenvalue weighted by molar-refractivity contribution is 5.76. The number of ether oxygens (including phenoxy) is 2. The molecule has 3 rings (SSSR count). The summed E-state index contributed by atoms with van der Waals surface area (Å²) in [7, 11) is 1.72. The number of hydrogen-bond donors (Lipinski definition) is 1. The normalized spacial score (nSPS) is 15.1. The van der Waals surface area contributed by atoms with Gasteiger partial charge in [0, 0.05) is 44.3 Å². The van der Waals surface area contributed by atoms with E-state index in [0.717, 1.165) is 51.1 Å². The van der Waals surface area contributed by atoms with Crippen molar-refractivity contribution in [3.05, 3.63) is 65.7 Å². The molecule has 0 spiro atoms. The lowest BCUT2D eigenvalue weighted by Gasteiger charge is -2.32. The topological polar surface area (TPSA) is 50.8 Å². The third-order valence-corrected chi connectivity index (χ3v) is 5.61. The molecule has 0 radical (unpaired) electrons. The molecule has 1 N–H and O–H groups in total. The fourth-order valence-electron chi connectivity index (χ4n) is 3.88. The van der Waals surface area contributed by atoms with E-state index in [2.05, 4.69) is 34.5 Å². The van der Waals surface area contributed by atoms with Crippen LogP contribution in [-0.2, 0) is 22.5 Å². The van der Waals surface area contributed by atoms with E-state index < -0.39 is 0 Å². The average Bonchev–Trinajstić information content (AvgIpc) is 2.78. The van der Waals surface area contributed by atoms with Crippen LogP contribution in [0.3, 0.4) is 0 Å². The van der Waals surface area contributed by atoms with E-state index in [-0.39, 0.29) is 11.9 Å². The summed E-state index contributed by atoms with van der Waals surface area (Å²) >= 11 is 0. The number of para-hydroxylation sites is 1. The van der Waals surface area contributed by atoms with Gasteiger partial charge in [-0.2, -0.15) is 0 Å². The van der Waals surface area contributed by atoms with Gasteiger partial charge in [0.15, 0.2) is 0 Å². The van der Waals surface area contributed by atoms with Gasteiger partial charge in [-0.1, -0.05) is 48.5 Å². The summed E-state index contributed by atoms with van der Waals surface area (Å²) in [6.45, 7) is 4.22. The SMILES string of the molecule is COc1ccccc1CN1CCC(NC(=O)CCCOCCc2ccccc2)CC1. The quantitative estimate of drug-likeness (QED) is 0.572. The predicted molar refractivity (Wildman–Crippen MR) is 120 cm³/mol. The number of amides is 1. The second kappa shape index (κ2) is 12.4. The Bertz CT molecular complexity index is 758. The van der Waals surface area contributed by atoms with Crippen LogP contribution in [0.4, 0.5) is 0 Å². The van der Waals surface area contributed by atoms with Crippen molar-refractivity contribution in [2.45, 2.75) is 44.7 Å². The van der Waals surface area contributed by atoms with E-state index in [9.17, 15) is 4.79 Å². The number of rotatable bonds is 11. The Hall–Kier alpha value is -2.37. The fraction of sp³-hybridized carbons (Fsp3) is 0.480. The zero-order valence-electron chi connectivity index (χ0n) is 18.0. The van der Waals surface area contributed by atoms with Crippen molar-refractivity contribution in [3.8, 4) is 5.75 Å². The smallest absolute Gasteiger partial charge is 0.220 e. The van der Waals surface area contributed by atoms with E-state index >= 15 is 0 Å². The van der Waals surface area contributed by atoms with Crippen LogP contribution in [0.5, 0.6) is 5.75 Å². The van der Waals surface area contributed by atoms with Crippen molar-refractivity contribution in [2.75, 3.05) is 33.4 Å². The number of nitrogens with one attached hydrogen (secondary N) is 1. The molecule has 5 heteroatoms. The van der Waals surface area contributed by atoms with E-state index in [0.29, 0.717) is 19.6 Å². The van der Waals surface area contributed by atoms with Crippen molar-refractivity contribution in [2.24, 2.45) is 0 Å². The number of nitrogens with zero attached hydrogens (tertiary/aromatic N) is 1. The van der Waals surface area contributed by atoms with Gasteiger partial charge in [-0.05, 0) is 37.3 Å². The zero-order chi connectivity index (χ0) is 21.0. The minimum Gasteiger partial charge on any atom is -0.496 e. The van der Waals surface area contributed by atoms with Gasteiger partial charge in [-0.15, -0.1) is 0 Å². The van der Waals surface area contributed by atoms with Gasteiger partial charge in [0.1, 0.15) is 5.75 Å². The third-order valence-electron chi connectivity index (χ3n) is 5.61.